The minimum absolute atomic E-state index is 0.160. The van der Waals surface area contributed by atoms with Crippen molar-refractivity contribution in [1.82, 2.24) is 30.2 Å². The number of ether oxygens (including phenoxy) is 2. The number of fused-ring (bicyclic) bond motifs is 2. The van der Waals surface area contributed by atoms with Gasteiger partial charge in [-0.15, -0.1) is 0 Å². The average molecular weight is 1210 g/mol. The summed E-state index contributed by atoms with van der Waals surface area (Å²) in [6.07, 6.45) is 0. The van der Waals surface area contributed by atoms with E-state index in [0.717, 1.165) is 66.4 Å². The highest BCUT2D eigenvalue weighted by Gasteiger charge is 2.38. The molecule has 4 aromatic carbocycles. The fourth-order valence-corrected chi connectivity index (χ4v) is 11.1. The van der Waals surface area contributed by atoms with Gasteiger partial charge >= 0.3 is 11.9 Å². The van der Waals surface area contributed by atoms with Crippen LogP contribution in [0.1, 0.15) is 154 Å². The number of hydrogen-bond acceptors (Lipinski definition) is 12. The lowest BCUT2D eigenvalue weighted by atomic mass is 10.1. The Morgan fingerprint density at radius 3 is 1.52 bits per heavy atom. The van der Waals surface area contributed by atoms with Crippen molar-refractivity contribution in [3.63, 3.8) is 0 Å². The molecule has 81 heavy (non-hydrogen) atoms. The molecule has 4 heterocycles. The normalized spacial score (nSPS) is 13.8. The molecule has 2 aromatic heterocycles. The summed E-state index contributed by atoms with van der Waals surface area (Å²) in [5.41, 5.74) is 10.3. The monoisotopic (exact) mass is 1200 g/mol. The molecule has 0 saturated heterocycles. The van der Waals surface area contributed by atoms with Crippen molar-refractivity contribution in [3.05, 3.63) is 164 Å². The van der Waals surface area contributed by atoms with E-state index in [4.69, 9.17) is 13.6 Å². The third kappa shape index (κ3) is 16.2. The Labute approximate surface area is 490 Å². The highest BCUT2D eigenvalue weighted by atomic mass is 79.9. The topological polar surface area (TPSA) is 180 Å². The van der Waals surface area contributed by atoms with Crippen molar-refractivity contribution < 1.29 is 37.5 Å². The van der Waals surface area contributed by atoms with Crippen molar-refractivity contribution >= 4 is 68.0 Å². The largest absolute Gasteiger partial charge is 0.465 e. The fourth-order valence-electron chi connectivity index (χ4n) is 8.82. The molecule has 436 valence electrons. The van der Waals surface area contributed by atoms with Crippen LogP contribution in [0.3, 0.4) is 0 Å². The van der Waals surface area contributed by atoms with Crippen LogP contribution in [0.5, 0.6) is 0 Å². The molecule has 0 spiro atoms. The molecular weight excluding hydrogens is 1120 g/mol. The number of alkyl halides is 1. The number of aryl methyl sites for hydroxylation is 2. The number of methoxy groups -OCH3 is 2. The number of rotatable bonds is 17. The highest BCUT2D eigenvalue weighted by molar-refractivity contribution is 9.08. The summed E-state index contributed by atoms with van der Waals surface area (Å²) in [5, 5.41) is 19.7. The second kappa shape index (κ2) is 27.1. The zero-order valence-corrected chi connectivity index (χ0v) is 54.0. The first-order chi connectivity index (χ1) is 38.1. The van der Waals surface area contributed by atoms with Gasteiger partial charge in [-0.05, 0) is 122 Å². The molecule has 0 bridgehead atoms. The molecule has 16 nitrogen and oxygen atoms in total. The van der Waals surface area contributed by atoms with Gasteiger partial charge in [0.25, 0.3) is 11.8 Å². The molecule has 0 saturated carbocycles. The molecule has 2 atom stereocenters. The zero-order chi connectivity index (χ0) is 59.6. The number of nitrogens with one attached hydrogen (secondary N) is 3. The second-order valence-electron chi connectivity index (χ2n) is 23.9. The Kier molecular flexibility index (Phi) is 21.4. The minimum atomic E-state index is -1.84. The van der Waals surface area contributed by atoms with Gasteiger partial charge in [0.05, 0.1) is 75.1 Å². The predicted molar refractivity (Wildman–Crippen MR) is 330 cm³/mol. The van der Waals surface area contributed by atoms with Gasteiger partial charge in [0.1, 0.15) is 22.8 Å². The first kappa shape index (κ1) is 63.8. The molecular formula is C62H85BrN8O8Si2. The van der Waals surface area contributed by atoms with Gasteiger partial charge < -0.3 is 39.2 Å². The third-order valence-corrected chi connectivity index (χ3v) is 25.5. The fraction of sp³-hybridized carbons (Fsp3) is 0.452. The standard InChI is InChI=1S/C31H42N4O4Si.C17H20N4O3.C14H23BrOSi/c1-21(25-12-14-26(15-13-25)30(37)38-6)32-28(36)27-22(2)33-35-17-16-34(29(27)35)19-23-10-9-11-24(18-23)20-39-40(7,8)31(3,4)5;1-10(12-4-6-13(7-5-12)17(23)24-3)19-16(22)14-11(2)20-21-9-8-18-15(14)21;1-14(2,3)17(4,5)16-11-13-8-6-7-12(9-13)10-15/h9-15,18,21H,16-17,19-20H2,1-8H3,(H,32,36);4-7,10,18H,8-9H2,1-3H3,(H,19,22);6-9H,10-11H2,1-5H3/t21-;10-;/m00./s1. The summed E-state index contributed by atoms with van der Waals surface area (Å²) in [6, 6.07) is 30.8. The van der Waals surface area contributed by atoms with Crippen LogP contribution in [0.15, 0.2) is 97.1 Å². The van der Waals surface area contributed by atoms with E-state index < -0.39 is 16.6 Å². The van der Waals surface area contributed by atoms with Crippen LogP contribution in [0.25, 0.3) is 0 Å². The van der Waals surface area contributed by atoms with Crippen LogP contribution >= 0.6 is 15.9 Å². The molecule has 19 heteroatoms. The maximum absolute atomic E-state index is 13.5. The van der Waals surface area contributed by atoms with Gasteiger partial charge in [-0.3, -0.25) is 9.59 Å². The minimum Gasteiger partial charge on any atom is -0.465 e. The Balaban J connectivity index is 0.000000218. The summed E-state index contributed by atoms with van der Waals surface area (Å²) in [4.78, 5) is 51.6. The number of benzene rings is 4. The molecule has 6 aromatic rings. The Morgan fingerprint density at radius 2 is 1.05 bits per heavy atom. The number of nitrogens with zero attached hydrogens (tertiary/aromatic N) is 5. The molecule has 0 unspecified atom stereocenters. The lowest BCUT2D eigenvalue weighted by molar-refractivity contribution is 0.0592. The number of aromatic nitrogens is 4. The van der Waals surface area contributed by atoms with Crippen LogP contribution in [0, 0.1) is 13.8 Å². The van der Waals surface area contributed by atoms with Gasteiger partial charge in [-0.1, -0.05) is 130 Å². The van der Waals surface area contributed by atoms with Crippen LogP contribution in [0.4, 0.5) is 11.6 Å². The van der Waals surface area contributed by atoms with E-state index in [9.17, 15) is 19.2 Å². The van der Waals surface area contributed by atoms with Gasteiger partial charge in [0.2, 0.25) is 0 Å². The van der Waals surface area contributed by atoms with Gasteiger partial charge in [-0.25, -0.2) is 19.0 Å². The maximum atomic E-state index is 13.5. The van der Waals surface area contributed by atoms with Crippen LogP contribution < -0.4 is 20.9 Å². The quantitative estimate of drug-likeness (QED) is 0.0447. The molecule has 0 radical (unpaired) electrons. The molecule has 2 aliphatic heterocycles. The van der Waals surface area contributed by atoms with E-state index in [-0.39, 0.29) is 45.9 Å². The van der Waals surface area contributed by atoms with Crippen molar-refractivity contribution in [1.29, 1.82) is 0 Å². The van der Waals surface area contributed by atoms with Crippen LogP contribution in [-0.4, -0.2) is 87.3 Å². The first-order valence-corrected chi connectivity index (χ1v) is 34.6. The number of halogens is 1. The van der Waals surface area contributed by atoms with Crippen molar-refractivity contribution in [2.75, 3.05) is 37.5 Å². The highest BCUT2D eigenvalue weighted by Crippen LogP contribution is 2.39. The van der Waals surface area contributed by atoms with Gasteiger partial charge in [0.15, 0.2) is 16.6 Å². The molecule has 0 aliphatic carbocycles. The summed E-state index contributed by atoms with van der Waals surface area (Å²) < 4.78 is 25.9. The first-order valence-electron chi connectivity index (χ1n) is 27.7. The zero-order valence-electron chi connectivity index (χ0n) is 50.4. The third-order valence-electron chi connectivity index (χ3n) is 15.9. The lowest BCUT2D eigenvalue weighted by Gasteiger charge is -2.36. The van der Waals surface area contributed by atoms with E-state index in [2.05, 4.69) is 168 Å². The van der Waals surface area contributed by atoms with E-state index >= 15 is 0 Å². The molecule has 3 N–H and O–H groups in total. The van der Waals surface area contributed by atoms with Gasteiger partial charge in [-0.2, -0.15) is 10.2 Å². The number of esters is 2. The summed E-state index contributed by atoms with van der Waals surface area (Å²) >= 11 is 3.48. The van der Waals surface area contributed by atoms with Crippen molar-refractivity contribution in [3.8, 4) is 0 Å². The van der Waals surface area contributed by atoms with Crippen LogP contribution in [-0.2, 0) is 56.5 Å². The Morgan fingerprint density at radius 1 is 0.617 bits per heavy atom. The average Bonchev–Trinajstić information content (AvgIpc) is 4.27. The number of carbonyl (C=O) groups is 4. The van der Waals surface area contributed by atoms with Crippen LogP contribution in [0.2, 0.25) is 36.3 Å². The number of anilines is 2. The number of hydrogen-bond donors (Lipinski definition) is 3. The smallest absolute Gasteiger partial charge is 0.337 e. The summed E-state index contributed by atoms with van der Waals surface area (Å²) in [6.45, 7) is 35.4. The van der Waals surface area contributed by atoms with Crippen molar-refractivity contribution in [2.24, 2.45) is 0 Å². The molecule has 0 fully saturated rings. The van der Waals surface area contributed by atoms with Crippen molar-refractivity contribution in [2.45, 2.75) is 156 Å². The van der Waals surface area contributed by atoms with E-state index in [0.29, 0.717) is 46.8 Å². The number of carbonyl (C=O) groups excluding carboxylic acids is 4. The number of amides is 2. The molecule has 2 amide bonds. The summed E-state index contributed by atoms with van der Waals surface area (Å²) in [5.74, 6) is 0.544. The Bertz CT molecular complexity index is 3140. The predicted octanol–water partition coefficient (Wildman–Crippen LogP) is 13.0. The lowest BCUT2D eigenvalue weighted by Crippen LogP contribution is -2.40. The molecule has 2 aliphatic rings. The maximum Gasteiger partial charge on any atom is 0.337 e. The van der Waals surface area contributed by atoms with E-state index in [1.54, 1.807) is 24.3 Å². The SMILES string of the molecule is CC(C)(C)[Si](C)(C)OCc1cccc(CBr)c1.COC(=O)c1ccc([C@H](C)NC(=O)c2c(C)nn3c2N(Cc2cccc(CO[Si](C)(C)C(C)(C)C)c2)CC3)cc1.COC(=O)c1ccc([C@H](C)NC(=O)c2c(C)nn3c2NCC3)cc1. The molecule has 8 rings (SSSR count). The van der Waals surface area contributed by atoms with E-state index in [1.807, 2.05) is 61.3 Å². The Hall–Kier alpha value is -6.39. The van der Waals surface area contributed by atoms with Gasteiger partial charge in [0, 0.05) is 25.0 Å². The summed E-state index contributed by atoms with van der Waals surface area (Å²) in [7, 11) is -0.763. The second-order valence-corrected chi connectivity index (χ2v) is 34.1. The van der Waals surface area contributed by atoms with E-state index in [1.165, 1.54) is 30.9 Å².